The Morgan fingerprint density at radius 2 is 2.16 bits per heavy atom. The third kappa shape index (κ3) is 7.27. The summed E-state index contributed by atoms with van der Waals surface area (Å²) in [7, 11) is 1.64. The van der Waals surface area contributed by atoms with Gasteiger partial charge in [-0.2, -0.15) is 0 Å². The minimum Gasteiger partial charge on any atom is -0.493 e. The lowest BCUT2D eigenvalue weighted by molar-refractivity contribution is 0.106. The summed E-state index contributed by atoms with van der Waals surface area (Å²) >= 11 is 0. The molecular weight excluding hydrogens is 433 g/mol. The summed E-state index contributed by atoms with van der Waals surface area (Å²) in [6.07, 6.45) is 3.64. The summed E-state index contributed by atoms with van der Waals surface area (Å²) < 4.78 is 16.6. The average Bonchev–Trinajstić information content (AvgIpc) is 3.09. The van der Waals surface area contributed by atoms with Crippen LogP contribution in [0.25, 0.3) is 0 Å². The van der Waals surface area contributed by atoms with Crippen molar-refractivity contribution in [2.45, 2.75) is 39.2 Å². The van der Waals surface area contributed by atoms with Crippen LogP contribution in [0.15, 0.2) is 23.2 Å². The van der Waals surface area contributed by atoms with E-state index >= 15 is 0 Å². The van der Waals surface area contributed by atoms with Crippen LogP contribution in [-0.4, -0.2) is 45.5 Å². The Hall–Kier alpha value is -1.22. The fourth-order valence-electron chi connectivity index (χ4n) is 2.66. The molecule has 0 bridgehead atoms. The molecule has 0 amide bonds. The molecule has 1 saturated heterocycles. The topological polar surface area (TPSA) is 64.1 Å². The maximum absolute atomic E-state index is 5.64. The van der Waals surface area contributed by atoms with E-state index in [9.17, 15) is 0 Å². The first-order valence-electron chi connectivity index (χ1n) is 8.74. The number of hydrogen-bond donors (Lipinski definition) is 2. The van der Waals surface area contributed by atoms with Crippen molar-refractivity contribution in [2.75, 3.05) is 38.7 Å². The maximum Gasteiger partial charge on any atom is 0.195 e. The summed E-state index contributed by atoms with van der Waals surface area (Å²) in [6.45, 7) is 7.04. The third-order valence-corrected chi connectivity index (χ3v) is 3.82. The standard InChI is InChI=1S/C18H29N3O3.HI/c1-4-19-18(20-11-10-15-7-6-12-24-15)21-14-8-9-16(22-3)17(13-14)23-5-2;/h8-9,13,15H,4-7,10-12H2,1-3H3,(H2,19,20,21);1H. The van der Waals surface area contributed by atoms with E-state index in [4.69, 9.17) is 14.2 Å². The predicted molar refractivity (Wildman–Crippen MR) is 113 cm³/mol. The van der Waals surface area contributed by atoms with Gasteiger partial charge in [0.2, 0.25) is 0 Å². The van der Waals surface area contributed by atoms with Gasteiger partial charge in [-0.15, -0.1) is 24.0 Å². The van der Waals surface area contributed by atoms with Gasteiger partial charge >= 0.3 is 0 Å². The average molecular weight is 463 g/mol. The maximum atomic E-state index is 5.64. The highest BCUT2D eigenvalue weighted by molar-refractivity contribution is 14.0. The molecule has 0 aliphatic carbocycles. The van der Waals surface area contributed by atoms with Crippen molar-refractivity contribution >= 4 is 35.6 Å². The molecule has 0 radical (unpaired) electrons. The van der Waals surface area contributed by atoms with Crippen LogP contribution < -0.4 is 20.1 Å². The molecule has 2 rings (SSSR count). The number of nitrogens with zero attached hydrogens (tertiary/aromatic N) is 1. The SMILES string of the molecule is CCNC(=NCCC1CCCO1)Nc1ccc(OC)c(OCC)c1.I. The molecule has 0 saturated carbocycles. The van der Waals surface area contributed by atoms with Crippen LogP contribution >= 0.6 is 24.0 Å². The van der Waals surface area contributed by atoms with E-state index in [0.29, 0.717) is 12.7 Å². The largest absolute Gasteiger partial charge is 0.493 e. The molecule has 1 atom stereocenters. The summed E-state index contributed by atoms with van der Waals surface area (Å²) in [6, 6.07) is 5.77. The number of ether oxygens (including phenoxy) is 3. The fraction of sp³-hybridized carbons (Fsp3) is 0.611. The molecule has 1 aliphatic rings. The van der Waals surface area contributed by atoms with Gasteiger partial charge in [0, 0.05) is 31.5 Å². The summed E-state index contributed by atoms with van der Waals surface area (Å²) in [5, 5.41) is 6.58. The number of aliphatic imine (C=N–C) groups is 1. The number of anilines is 1. The molecule has 25 heavy (non-hydrogen) atoms. The van der Waals surface area contributed by atoms with Gasteiger partial charge in [-0.25, -0.2) is 0 Å². The van der Waals surface area contributed by atoms with E-state index < -0.39 is 0 Å². The van der Waals surface area contributed by atoms with Crippen molar-refractivity contribution in [1.82, 2.24) is 5.32 Å². The fourth-order valence-corrected chi connectivity index (χ4v) is 2.66. The van der Waals surface area contributed by atoms with Gasteiger partial charge in [-0.05, 0) is 45.2 Å². The van der Waals surface area contributed by atoms with Crippen LogP contribution in [0.3, 0.4) is 0 Å². The van der Waals surface area contributed by atoms with Crippen molar-refractivity contribution in [3.8, 4) is 11.5 Å². The molecule has 7 heteroatoms. The Morgan fingerprint density at radius 3 is 2.80 bits per heavy atom. The smallest absolute Gasteiger partial charge is 0.195 e. The minimum absolute atomic E-state index is 0. The molecule has 1 aliphatic heterocycles. The lowest BCUT2D eigenvalue weighted by Crippen LogP contribution is -2.31. The van der Waals surface area contributed by atoms with E-state index in [1.807, 2.05) is 25.1 Å². The van der Waals surface area contributed by atoms with E-state index in [1.165, 1.54) is 6.42 Å². The number of guanidine groups is 1. The van der Waals surface area contributed by atoms with Crippen molar-refractivity contribution in [3.05, 3.63) is 18.2 Å². The summed E-state index contributed by atoms with van der Waals surface area (Å²) in [5.74, 6) is 2.21. The van der Waals surface area contributed by atoms with Crippen molar-refractivity contribution in [1.29, 1.82) is 0 Å². The summed E-state index contributed by atoms with van der Waals surface area (Å²) in [4.78, 5) is 4.63. The molecule has 142 valence electrons. The van der Waals surface area contributed by atoms with Crippen LogP contribution in [0.4, 0.5) is 5.69 Å². The molecule has 0 aromatic heterocycles. The first-order valence-corrected chi connectivity index (χ1v) is 8.74. The molecule has 1 heterocycles. The van der Waals surface area contributed by atoms with E-state index in [1.54, 1.807) is 7.11 Å². The van der Waals surface area contributed by atoms with Crippen LogP contribution in [0.1, 0.15) is 33.1 Å². The Morgan fingerprint density at radius 1 is 1.32 bits per heavy atom. The number of hydrogen-bond acceptors (Lipinski definition) is 4. The molecule has 2 N–H and O–H groups in total. The van der Waals surface area contributed by atoms with Gasteiger partial charge in [-0.3, -0.25) is 4.99 Å². The second kappa shape index (κ2) is 12.2. The molecule has 1 aromatic rings. The van der Waals surface area contributed by atoms with Crippen LogP contribution in [0.2, 0.25) is 0 Å². The van der Waals surface area contributed by atoms with Crippen LogP contribution in [0.5, 0.6) is 11.5 Å². The van der Waals surface area contributed by atoms with Gasteiger partial charge in [0.05, 0.1) is 19.8 Å². The first kappa shape index (κ1) is 21.8. The number of rotatable bonds is 8. The second-order valence-corrected chi connectivity index (χ2v) is 5.61. The predicted octanol–water partition coefficient (Wildman–Crippen LogP) is 3.66. The zero-order valence-corrected chi connectivity index (χ0v) is 17.7. The van der Waals surface area contributed by atoms with Crippen molar-refractivity contribution in [3.63, 3.8) is 0 Å². The van der Waals surface area contributed by atoms with Crippen LogP contribution in [-0.2, 0) is 4.74 Å². The summed E-state index contributed by atoms with van der Waals surface area (Å²) in [5.41, 5.74) is 0.913. The van der Waals surface area contributed by atoms with Crippen molar-refractivity contribution in [2.24, 2.45) is 4.99 Å². The monoisotopic (exact) mass is 463 g/mol. The number of halogens is 1. The van der Waals surface area contributed by atoms with Crippen molar-refractivity contribution < 1.29 is 14.2 Å². The number of benzene rings is 1. The second-order valence-electron chi connectivity index (χ2n) is 5.61. The normalized spacial score (nSPS) is 16.9. The molecule has 1 unspecified atom stereocenters. The first-order chi connectivity index (χ1) is 11.8. The molecule has 1 aromatic carbocycles. The van der Waals surface area contributed by atoms with E-state index in [2.05, 4.69) is 22.5 Å². The molecular formula is C18H30IN3O3. The number of nitrogens with one attached hydrogen (secondary N) is 2. The van der Waals surface area contributed by atoms with Gasteiger partial charge in [0.25, 0.3) is 0 Å². The molecule has 6 nitrogen and oxygen atoms in total. The Kier molecular flexibility index (Phi) is 10.6. The Labute approximate surface area is 167 Å². The van der Waals surface area contributed by atoms with Gasteiger partial charge in [0.15, 0.2) is 17.5 Å². The third-order valence-electron chi connectivity index (χ3n) is 3.82. The lowest BCUT2D eigenvalue weighted by Gasteiger charge is -2.15. The van der Waals surface area contributed by atoms with Gasteiger partial charge in [0.1, 0.15) is 0 Å². The van der Waals surface area contributed by atoms with Crippen LogP contribution in [0, 0.1) is 0 Å². The van der Waals surface area contributed by atoms with Gasteiger partial charge in [-0.1, -0.05) is 0 Å². The van der Waals surface area contributed by atoms with E-state index in [0.717, 1.165) is 55.7 Å². The zero-order chi connectivity index (χ0) is 17.2. The highest BCUT2D eigenvalue weighted by atomic mass is 127. The highest BCUT2D eigenvalue weighted by Crippen LogP contribution is 2.30. The van der Waals surface area contributed by atoms with E-state index in [-0.39, 0.29) is 24.0 Å². The quantitative estimate of drug-likeness (QED) is 0.350. The highest BCUT2D eigenvalue weighted by Gasteiger charge is 2.14. The molecule has 1 fully saturated rings. The minimum atomic E-state index is 0. The zero-order valence-electron chi connectivity index (χ0n) is 15.3. The Bertz CT molecular complexity index is 534. The van der Waals surface area contributed by atoms with Gasteiger partial charge < -0.3 is 24.8 Å². The number of methoxy groups -OCH3 is 1. The lowest BCUT2D eigenvalue weighted by atomic mass is 10.2. The molecule has 0 spiro atoms. The Balaban J connectivity index is 0.00000312.